The van der Waals surface area contributed by atoms with Gasteiger partial charge in [0.15, 0.2) is 0 Å². The van der Waals surface area contributed by atoms with Crippen molar-refractivity contribution in [3.8, 4) is 0 Å². The Bertz CT molecular complexity index is 795. The molecule has 0 saturated carbocycles. The number of sulfonamides is 1. The predicted octanol–water partition coefficient (Wildman–Crippen LogP) is 3.76. The van der Waals surface area contributed by atoms with E-state index in [4.69, 9.17) is 17.3 Å². The smallest absolute Gasteiger partial charge is 0.263 e. The lowest BCUT2D eigenvalue weighted by Gasteiger charge is -2.11. The minimum Gasteiger partial charge on any atom is -0.398 e. The van der Waals surface area contributed by atoms with Crippen molar-refractivity contribution in [1.29, 1.82) is 0 Å². The highest BCUT2D eigenvalue weighted by Crippen LogP contribution is 2.28. The number of halogens is 4. The first-order valence-corrected chi connectivity index (χ1v) is 8.08. The maximum Gasteiger partial charge on any atom is 0.263 e. The van der Waals surface area contributed by atoms with Crippen molar-refractivity contribution in [2.45, 2.75) is 4.90 Å². The summed E-state index contributed by atoms with van der Waals surface area (Å²) in [5, 5.41) is 0.0287. The third-order valence-corrected chi connectivity index (χ3v) is 4.72. The monoisotopic (exact) mass is 396 g/mol. The third-order valence-electron chi connectivity index (χ3n) is 2.46. The van der Waals surface area contributed by atoms with Gasteiger partial charge >= 0.3 is 0 Å². The Hall–Kier alpha value is -1.38. The topological polar surface area (TPSA) is 72.2 Å². The first kappa shape index (κ1) is 16.0. The molecule has 0 bridgehead atoms. The van der Waals surface area contributed by atoms with E-state index in [1.807, 2.05) is 0 Å². The molecule has 0 aliphatic carbocycles. The Morgan fingerprint density at radius 3 is 2.43 bits per heavy atom. The summed E-state index contributed by atoms with van der Waals surface area (Å²) < 4.78 is 53.0. The van der Waals surface area contributed by atoms with E-state index in [-0.39, 0.29) is 25.8 Å². The lowest BCUT2D eigenvalue weighted by molar-refractivity contribution is 0.599. The summed E-state index contributed by atoms with van der Waals surface area (Å²) in [5.74, 6) is -1.39. The summed E-state index contributed by atoms with van der Waals surface area (Å²) in [6, 6.07) is 5.11. The minimum absolute atomic E-state index is 0.0287. The van der Waals surface area contributed by atoms with Gasteiger partial charge in [-0.3, -0.25) is 4.72 Å². The number of hydrogen-bond acceptors (Lipinski definition) is 3. The first-order valence-electron chi connectivity index (χ1n) is 5.42. The molecule has 0 fully saturated rings. The Balaban J connectivity index is 2.45. The quantitative estimate of drug-likeness (QED) is 0.775. The summed E-state index contributed by atoms with van der Waals surface area (Å²) in [6.07, 6.45) is 0. The maximum absolute atomic E-state index is 13.3. The van der Waals surface area contributed by atoms with E-state index in [1.165, 1.54) is 6.07 Å². The maximum atomic E-state index is 13.3. The highest BCUT2D eigenvalue weighted by atomic mass is 79.9. The summed E-state index contributed by atoms with van der Waals surface area (Å²) in [6.45, 7) is 0. The number of nitrogen functional groups attached to an aromatic ring is 1. The molecule has 0 amide bonds. The number of anilines is 2. The van der Waals surface area contributed by atoms with Gasteiger partial charge in [-0.15, -0.1) is 0 Å². The standard InChI is InChI=1S/C12H8BrClF2N2O2S/c13-9-4-12(11(17)5-10(9)16)21(19,20)18-8-2-6(14)1-7(15)3-8/h1-5,18H,17H2. The second-order valence-electron chi connectivity index (χ2n) is 4.07. The first-order chi connectivity index (χ1) is 9.69. The van der Waals surface area contributed by atoms with Gasteiger partial charge < -0.3 is 5.73 Å². The van der Waals surface area contributed by atoms with E-state index in [0.717, 1.165) is 24.3 Å². The molecular weight excluding hydrogens is 390 g/mol. The highest BCUT2D eigenvalue weighted by Gasteiger charge is 2.20. The molecule has 3 N–H and O–H groups in total. The van der Waals surface area contributed by atoms with Gasteiger partial charge in [0, 0.05) is 5.02 Å². The van der Waals surface area contributed by atoms with Crippen LogP contribution in [0.5, 0.6) is 0 Å². The van der Waals surface area contributed by atoms with Gasteiger partial charge in [-0.25, -0.2) is 17.2 Å². The van der Waals surface area contributed by atoms with Crippen LogP contribution < -0.4 is 10.5 Å². The van der Waals surface area contributed by atoms with Gasteiger partial charge in [0.05, 0.1) is 15.8 Å². The molecule has 0 spiro atoms. The lowest BCUT2D eigenvalue weighted by Crippen LogP contribution is -2.15. The molecule has 9 heteroatoms. The van der Waals surface area contributed by atoms with Gasteiger partial charge in [0.1, 0.15) is 16.5 Å². The van der Waals surface area contributed by atoms with Crippen LogP contribution >= 0.6 is 27.5 Å². The Morgan fingerprint density at radius 1 is 1.14 bits per heavy atom. The van der Waals surface area contributed by atoms with E-state index in [1.54, 1.807) is 0 Å². The zero-order valence-corrected chi connectivity index (χ0v) is 13.4. The Labute approximate surface area is 133 Å². The van der Waals surface area contributed by atoms with Crippen LogP contribution in [0.2, 0.25) is 5.02 Å². The fourth-order valence-electron chi connectivity index (χ4n) is 1.60. The largest absolute Gasteiger partial charge is 0.398 e. The van der Waals surface area contributed by atoms with Crippen LogP contribution in [-0.2, 0) is 10.0 Å². The summed E-state index contributed by atoms with van der Waals surface area (Å²) in [5.41, 5.74) is 5.17. The van der Waals surface area contributed by atoms with Crippen molar-refractivity contribution in [1.82, 2.24) is 0 Å². The molecule has 112 valence electrons. The molecule has 2 aromatic carbocycles. The Kier molecular flexibility index (Phi) is 4.40. The van der Waals surface area contributed by atoms with Gasteiger partial charge in [-0.1, -0.05) is 11.6 Å². The van der Waals surface area contributed by atoms with Crippen LogP contribution in [0, 0.1) is 11.6 Å². The van der Waals surface area contributed by atoms with Crippen molar-refractivity contribution >= 4 is 48.9 Å². The summed E-state index contributed by atoms with van der Waals surface area (Å²) in [4.78, 5) is -0.337. The van der Waals surface area contributed by atoms with Crippen LogP contribution in [0.15, 0.2) is 39.7 Å². The average Bonchev–Trinajstić information content (AvgIpc) is 2.31. The van der Waals surface area contributed by atoms with Crippen molar-refractivity contribution in [2.75, 3.05) is 10.5 Å². The molecule has 0 saturated heterocycles. The second kappa shape index (κ2) is 5.78. The number of nitrogens with two attached hydrogens (primary N) is 1. The van der Waals surface area contributed by atoms with Gasteiger partial charge in [0.25, 0.3) is 10.0 Å². The molecule has 4 nitrogen and oxygen atoms in total. The van der Waals surface area contributed by atoms with Crippen LogP contribution in [0.4, 0.5) is 20.2 Å². The SMILES string of the molecule is Nc1cc(F)c(Br)cc1S(=O)(=O)Nc1cc(F)cc(Cl)c1. The van der Waals surface area contributed by atoms with E-state index in [9.17, 15) is 17.2 Å². The number of hydrogen-bond donors (Lipinski definition) is 2. The summed E-state index contributed by atoms with van der Waals surface area (Å²) >= 11 is 8.52. The van der Waals surface area contributed by atoms with Gasteiger partial charge in [-0.2, -0.15) is 0 Å². The third kappa shape index (κ3) is 3.63. The summed E-state index contributed by atoms with van der Waals surface area (Å²) in [7, 11) is -4.11. The average molecular weight is 398 g/mol. The van der Waals surface area contributed by atoms with E-state index in [2.05, 4.69) is 20.7 Å². The van der Waals surface area contributed by atoms with Crippen LogP contribution in [0.3, 0.4) is 0 Å². The Morgan fingerprint density at radius 2 is 1.81 bits per heavy atom. The number of nitrogens with one attached hydrogen (secondary N) is 1. The van der Waals surface area contributed by atoms with Crippen molar-refractivity contribution in [2.24, 2.45) is 0 Å². The second-order valence-corrected chi connectivity index (χ2v) is 7.01. The highest BCUT2D eigenvalue weighted by molar-refractivity contribution is 9.10. The molecule has 0 atom stereocenters. The minimum atomic E-state index is -4.11. The molecule has 0 radical (unpaired) electrons. The normalized spacial score (nSPS) is 11.4. The molecule has 0 aromatic heterocycles. The van der Waals surface area contributed by atoms with Crippen LogP contribution in [-0.4, -0.2) is 8.42 Å². The zero-order chi connectivity index (χ0) is 15.8. The van der Waals surface area contributed by atoms with Gasteiger partial charge in [-0.05, 0) is 46.3 Å². The van der Waals surface area contributed by atoms with Crippen molar-refractivity contribution in [3.05, 3.63) is 51.5 Å². The molecule has 0 aliphatic rings. The molecular formula is C12H8BrClF2N2O2S. The van der Waals surface area contributed by atoms with E-state index >= 15 is 0 Å². The van der Waals surface area contributed by atoms with E-state index < -0.39 is 21.7 Å². The van der Waals surface area contributed by atoms with E-state index in [0.29, 0.717) is 0 Å². The molecule has 2 aromatic rings. The van der Waals surface area contributed by atoms with Crippen LogP contribution in [0.1, 0.15) is 0 Å². The fourth-order valence-corrected chi connectivity index (χ4v) is 3.50. The molecule has 0 aliphatic heterocycles. The predicted molar refractivity (Wildman–Crippen MR) is 80.7 cm³/mol. The number of benzene rings is 2. The lowest BCUT2D eigenvalue weighted by atomic mass is 10.3. The molecule has 21 heavy (non-hydrogen) atoms. The molecule has 2 rings (SSSR count). The van der Waals surface area contributed by atoms with Gasteiger partial charge in [0.2, 0.25) is 0 Å². The fraction of sp³-hybridized carbons (Fsp3) is 0. The van der Waals surface area contributed by atoms with Crippen molar-refractivity contribution in [3.63, 3.8) is 0 Å². The van der Waals surface area contributed by atoms with Crippen LogP contribution in [0.25, 0.3) is 0 Å². The zero-order valence-electron chi connectivity index (χ0n) is 10.2. The molecule has 0 heterocycles. The van der Waals surface area contributed by atoms with Crippen molar-refractivity contribution < 1.29 is 17.2 Å². The molecule has 0 unspecified atom stereocenters. The number of rotatable bonds is 3.